The van der Waals surface area contributed by atoms with Crippen LogP contribution in [0.4, 0.5) is 5.69 Å². The number of hydrogen-bond donors (Lipinski definition) is 1. The Bertz CT molecular complexity index is 1010. The van der Waals surface area contributed by atoms with Crippen LogP contribution in [0.25, 0.3) is 0 Å². The first-order chi connectivity index (χ1) is 15.2. The Morgan fingerprint density at radius 2 is 1.47 bits per heavy atom. The number of esters is 1. The quantitative estimate of drug-likeness (QED) is 0.499. The summed E-state index contributed by atoms with van der Waals surface area (Å²) in [5, 5.41) is 2.76. The van der Waals surface area contributed by atoms with Crippen molar-refractivity contribution in [3.05, 3.63) is 65.2 Å². The summed E-state index contributed by atoms with van der Waals surface area (Å²) in [7, 11) is 0. The van der Waals surface area contributed by atoms with E-state index < -0.39 is 36.3 Å². The summed E-state index contributed by atoms with van der Waals surface area (Å²) >= 11 is 0. The zero-order chi connectivity index (χ0) is 23.4. The lowest BCUT2D eigenvalue weighted by Gasteiger charge is -2.26. The van der Waals surface area contributed by atoms with Crippen LogP contribution in [0.1, 0.15) is 66.3 Å². The maximum Gasteiger partial charge on any atom is 0.329 e. The fraction of sp³-hybridized carbons (Fsp3) is 0.360. The number of carbonyl (C=O) groups is 4. The van der Waals surface area contributed by atoms with Crippen LogP contribution in [-0.2, 0) is 14.3 Å². The third-order valence-electron chi connectivity index (χ3n) is 5.31. The summed E-state index contributed by atoms with van der Waals surface area (Å²) in [6, 6.07) is 12.8. The van der Waals surface area contributed by atoms with Gasteiger partial charge in [-0.15, -0.1) is 0 Å². The van der Waals surface area contributed by atoms with E-state index >= 15 is 0 Å². The van der Waals surface area contributed by atoms with Gasteiger partial charge < -0.3 is 10.1 Å². The molecule has 0 aliphatic carbocycles. The number of amides is 3. The monoisotopic (exact) mass is 436 g/mol. The lowest BCUT2D eigenvalue weighted by molar-refractivity contribution is -0.151. The first kappa shape index (κ1) is 23.2. The van der Waals surface area contributed by atoms with Crippen LogP contribution >= 0.6 is 0 Å². The number of hydrogen-bond acceptors (Lipinski definition) is 5. The van der Waals surface area contributed by atoms with E-state index in [1.165, 1.54) is 0 Å². The average molecular weight is 437 g/mol. The molecule has 1 N–H and O–H groups in total. The van der Waals surface area contributed by atoms with Crippen LogP contribution in [0, 0.1) is 5.92 Å². The zero-order valence-electron chi connectivity index (χ0n) is 18.8. The van der Waals surface area contributed by atoms with Gasteiger partial charge in [-0.25, -0.2) is 4.79 Å². The number of nitrogens with one attached hydrogen (secondary N) is 1. The molecule has 0 radical (unpaired) electrons. The Balaban J connectivity index is 1.71. The third-order valence-corrected chi connectivity index (χ3v) is 5.31. The number of rotatable bonds is 8. The van der Waals surface area contributed by atoms with Crippen molar-refractivity contribution in [1.29, 1.82) is 0 Å². The molecule has 0 aromatic heterocycles. The Kier molecular flexibility index (Phi) is 7.08. The van der Waals surface area contributed by atoms with E-state index in [1.54, 1.807) is 30.3 Å². The largest absolute Gasteiger partial charge is 0.454 e. The van der Waals surface area contributed by atoms with Gasteiger partial charge in [0.2, 0.25) is 0 Å². The number of imide groups is 1. The van der Waals surface area contributed by atoms with Crippen LogP contribution in [0.5, 0.6) is 0 Å². The van der Waals surface area contributed by atoms with E-state index in [2.05, 4.69) is 5.32 Å². The average Bonchev–Trinajstić information content (AvgIpc) is 3.01. The first-order valence-corrected chi connectivity index (χ1v) is 10.7. The summed E-state index contributed by atoms with van der Waals surface area (Å²) in [5.41, 5.74) is 2.16. The van der Waals surface area contributed by atoms with Gasteiger partial charge in [0, 0.05) is 5.69 Å². The van der Waals surface area contributed by atoms with Gasteiger partial charge in [0.15, 0.2) is 6.61 Å². The van der Waals surface area contributed by atoms with Crippen molar-refractivity contribution in [2.45, 2.75) is 46.1 Å². The number of para-hydroxylation sites is 1. The molecule has 0 unspecified atom stereocenters. The highest BCUT2D eigenvalue weighted by Gasteiger charge is 2.43. The van der Waals surface area contributed by atoms with Gasteiger partial charge >= 0.3 is 5.97 Å². The molecular formula is C25H28N2O5. The van der Waals surface area contributed by atoms with Crippen LogP contribution in [0.15, 0.2) is 48.5 Å². The van der Waals surface area contributed by atoms with Crippen LogP contribution in [0.3, 0.4) is 0 Å². The zero-order valence-corrected chi connectivity index (χ0v) is 18.8. The fourth-order valence-electron chi connectivity index (χ4n) is 3.78. The molecule has 7 heteroatoms. The Labute approximate surface area is 187 Å². The van der Waals surface area contributed by atoms with E-state index in [-0.39, 0.29) is 29.4 Å². The minimum Gasteiger partial charge on any atom is -0.454 e. The van der Waals surface area contributed by atoms with Gasteiger partial charge in [-0.2, -0.15) is 0 Å². The topological polar surface area (TPSA) is 92.8 Å². The molecule has 168 valence electrons. The van der Waals surface area contributed by atoms with Crippen molar-refractivity contribution in [2.75, 3.05) is 11.9 Å². The van der Waals surface area contributed by atoms with Gasteiger partial charge in [0.25, 0.3) is 17.7 Å². The molecule has 3 amide bonds. The van der Waals surface area contributed by atoms with E-state index in [0.717, 1.165) is 10.5 Å². The Morgan fingerprint density at radius 3 is 2.03 bits per heavy atom. The molecule has 0 spiro atoms. The van der Waals surface area contributed by atoms with Gasteiger partial charge in [0.05, 0.1) is 11.1 Å². The van der Waals surface area contributed by atoms with Crippen LogP contribution in [-0.4, -0.2) is 41.2 Å². The summed E-state index contributed by atoms with van der Waals surface area (Å²) in [6.07, 6.45) is 0.238. The van der Waals surface area contributed by atoms with Crippen LogP contribution < -0.4 is 5.32 Å². The molecule has 1 heterocycles. The molecule has 2 aromatic carbocycles. The van der Waals surface area contributed by atoms with Crippen molar-refractivity contribution in [3.63, 3.8) is 0 Å². The van der Waals surface area contributed by atoms with Gasteiger partial charge in [-0.3, -0.25) is 19.3 Å². The molecule has 3 rings (SSSR count). The SMILES string of the molecule is CC(C)C[C@@H](C(=O)OCC(=O)Nc1ccccc1C(C)C)N1C(=O)c2ccccc2C1=O. The standard InChI is InChI=1S/C25H28N2O5/c1-15(2)13-21(27-23(29)18-10-5-6-11-19(18)24(27)30)25(31)32-14-22(28)26-20-12-8-7-9-17(20)16(3)4/h5-12,15-16,21H,13-14H2,1-4H3,(H,26,28)/t21-/m0/s1. The summed E-state index contributed by atoms with van der Waals surface area (Å²) in [5.74, 6) is -2.09. The van der Waals surface area contributed by atoms with Crippen molar-refractivity contribution < 1.29 is 23.9 Å². The van der Waals surface area contributed by atoms with Gasteiger partial charge in [-0.05, 0) is 42.0 Å². The second-order valence-electron chi connectivity index (χ2n) is 8.57. The third kappa shape index (κ3) is 4.88. The van der Waals surface area contributed by atoms with Crippen molar-refractivity contribution in [1.82, 2.24) is 4.90 Å². The Morgan fingerprint density at radius 1 is 0.906 bits per heavy atom. The molecule has 1 aliphatic heterocycles. The number of ether oxygens (including phenoxy) is 1. The molecule has 1 atom stereocenters. The summed E-state index contributed by atoms with van der Waals surface area (Å²) in [6.45, 7) is 7.29. The minimum atomic E-state index is -1.10. The highest BCUT2D eigenvalue weighted by atomic mass is 16.5. The predicted octanol–water partition coefficient (Wildman–Crippen LogP) is 4.00. The number of fused-ring (bicyclic) bond motifs is 1. The molecular weight excluding hydrogens is 408 g/mol. The molecule has 2 aromatic rings. The second kappa shape index (κ2) is 9.77. The van der Waals surface area contributed by atoms with E-state index in [9.17, 15) is 19.2 Å². The number of nitrogens with zero attached hydrogens (tertiary/aromatic N) is 1. The lowest BCUT2D eigenvalue weighted by atomic mass is 10.0. The summed E-state index contributed by atoms with van der Waals surface area (Å²) in [4.78, 5) is 51.9. The molecule has 32 heavy (non-hydrogen) atoms. The van der Waals surface area contributed by atoms with Crippen LogP contribution in [0.2, 0.25) is 0 Å². The molecule has 1 aliphatic rings. The number of carbonyl (C=O) groups excluding carboxylic acids is 4. The van der Waals surface area contributed by atoms with Crippen molar-refractivity contribution in [2.24, 2.45) is 5.92 Å². The predicted molar refractivity (Wildman–Crippen MR) is 120 cm³/mol. The lowest BCUT2D eigenvalue weighted by Crippen LogP contribution is -2.46. The highest BCUT2D eigenvalue weighted by molar-refractivity contribution is 6.22. The molecule has 0 fully saturated rings. The Hall–Kier alpha value is -3.48. The van der Waals surface area contributed by atoms with E-state index in [4.69, 9.17) is 4.74 Å². The smallest absolute Gasteiger partial charge is 0.329 e. The fourth-order valence-corrected chi connectivity index (χ4v) is 3.78. The van der Waals surface area contributed by atoms with E-state index in [1.807, 2.05) is 45.9 Å². The molecule has 0 saturated carbocycles. The van der Waals surface area contributed by atoms with Crippen molar-refractivity contribution in [3.8, 4) is 0 Å². The molecule has 0 bridgehead atoms. The highest BCUT2D eigenvalue weighted by Crippen LogP contribution is 2.27. The normalized spacial score (nSPS) is 14.0. The molecule has 0 saturated heterocycles. The minimum absolute atomic E-state index is 0.0172. The van der Waals surface area contributed by atoms with Gasteiger partial charge in [0.1, 0.15) is 6.04 Å². The first-order valence-electron chi connectivity index (χ1n) is 10.7. The number of benzene rings is 2. The maximum absolute atomic E-state index is 12.9. The van der Waals surface area contributed by atoms with Gasteiger partial charge in [-0.1, -0.05) is 58.0 Å². The second-order valence-corrected chi connectivity index (χ2v) is 8.57. The number of anilines is 1. The molecule has 7 nitrogen and oxygen atoms in total. The maximum atomic E-state index is 12.9. The van der Waals surface area contributed by atoms with E-state index in [0.29, 0.717) is 5.69 Å². The summed E-state index contributed by atoms with van der Waals surface area (Å²) < 4.78 is 5.25. The van der Waals surface area contributed by atoms with Crippen molar-refractivity contribution >= 4 is 29.4 Å².